The van der Waals surface area contributed by atoms with Crippen molar-refractivity contribution in [2.75, 3.05) is 4.90 Å². The lowest BCUT2D eigenvalue weighted by Crippen LogP contribution is -2.32. The Kier molecular flexibility index (Phi) is 12.2. The topological polar surface area (TPSA) is 8.17 Å². The smallest absolute Gasteiger partial charge is 0.0547 e. The molecule has 0 aliphatic heterocycles. The van der Waals surface area contributed by atoms with E-state index in [1.807, 2.05) is 0 Å². The zero-order valence-corrected chi connectivity index (χ0v) is 45.6. The molecule has 0 N–H and O–H groups in total. The Balaban J connectivity index is 1.11. The van der Waals surface area contributed by atoms with Gasteiger partial charge in [0.15, 0.2) is 0 Å². The van der Waals surface area contributed by atoms with Crippen LogP contribution in [0.5, 0.6) is 0 Å². The summed E-state index contributed by atoms with van der Waals surface area (Å²) < 4.78 is 2.43. The van der Waals surface area contributed by atoms with Gasteiger partial charge in [-0.25, -0.2) is 0 Å². The summed E-state index contributed by atoms with van der Waals surface area (Å²) in [5, 5.41) is 7.54. The second-order valence-corrected chi connectivity index (χ2v) is 23.2. The first-order valence-corrected chi connectivity index (χ1v) is 27.7. The average Bonchev–Trinajstić information content (AvgIpc) is 3.90. The van der Waals surface area contributed by atoms with Crippen molar-refractivity contribution in [3.63, 3.8) is 0 Å². The van der Waals surface area contributed by atoms with Gasteiger partial charge in [0.2, 0.25) is 0 Å². The van der Waals surface area contributed by atoms with Crippen molar-refractivity contribution in [2.45, 2.75) is 65.2 Å². The molecule has 13 rings (SSSR count). The normalized spacial score (nSPS) is 12.7. The number of anilines is 3. The number of para-hydroxylation sites is 5. The van der Waals surface area contributed by atoms with Crippen LogP contribution in [0, 0.1) is 0 Å². The van der Waals surface area contributed by atoms with Crippen LogP contribution in [-0.2, 0) is 10.8 Å². The lowest BCUT2D eigenvalue weighted by atomic mass is 9.78. The molecule has 0 fully saturated rings. The van der Waals surface area contributed by atoms with Crippen LogP contribution in [0.2, 0.25) is 0 Å². The highest BCUT2D eigenvalue weighted by molar-refractivity contribution is 6.12. The van der Waals surface area contributed by atoms with Crippen molar-refractivity contribution >= 4 is 61.3 Å². The molecule has 0 saturated carbocycles. The molecular formula is C76H64N2. The molecule has 1 heterocycles. The van der Waals surface area contributed by atoms with Gasteiger partial charge in [0.05, 0.1) is 28.1 Å². The van der Waals surface area contributed by atoms with Crippen molar-refractivity contribution in [3.05, 3.63) is 276 Å². The number of benzene rings is 11. The maximum atomic E-state index is 2.59. The monoisotopic (exact) mass is 1000 g/mol. The molecule has 0 spiro atoms. The molecule has 0 radical (unpaired) electrons. The fraction of sp³-hybridized carbons (Fsp3) is 0.132. The molecule has 2 heteroatoms. The molecule has 1 aromatic heterocycles. The van der Waals surface area contributed by atoms with E-state index in [0.29, 0.717) is 0 Å². The Labute approximate surface area is 459 Å². The first kappa shape index (κ1) is 48.6. The van der Waals surface area contributed by atoms with Crippen LogP contribution in [-0.4, -0.2) is 4.57 Å². The van der Waals surface area contributed by atoms with E-state index in [2.05, 4.69) is 306 Å². The second kappa shape index (κ2) is 19.5. The molecule has 78 heavy (non-hydrogen) atoms. The molecule has 0 unspecified atom stereocenters. The Morgan fingerprint density at radius 1 is 0.372 bits per heavy atom. The number of rotatable bonds is 9. The third-order valence-corrected chi connectivity index (χ3v) is 16.2. The molecule has 12 aromatic rings. The first-order valence-electron chi connectivity index (χ1n) is 27.7. The number of hydrogen-bond donors (Lipinski definition) is 0. The molecule has 378 valence electrons. The summed E-state index contributed by atoms with van der Waals surface area (Å²) in [5.41, 5.74) is 21.7. The Bertz CT molecular complexity index is 4350. The highest BCUT2D eigenvalue weighted by Crippen LogP contribution is 2.49. The molecule has 0 amide bonds. The van der Waals surface area contributed by atoms with Gasteiger partial charge in [0.25, 0.3) is 0 Å². The van der Waals surface area contributed by atoms with Gasteiger partial charge in [-0.2, -0.15) is 0 Å². The number of nitrogens with zero attached hydrogens (tertiary/aromatic N) is 2. The quantitative estimate of drug-likeness (QED) is 0.140. The van der Waals surface area contributed by atoms with E-state index < -0.39 is 0 Å². The van der Waals surface area contributed by atoms with Crippen LogP contribution in [0.4, 0.5) is 17.1 Å². The molecular weight excluding hydrogens is 941 g/mol. The Hall–Kier alpha value is -8.98. The summed E-state index contributed by atoms with van der Waals surface area (Å²) in [6.45, 7) is 14.0. The van der Waals surface area contributed by atoms with Crippen molar-refractivity contribution < 1.29 is 0 Å². The number of hydrogen-bond acceptors (Lipinski definition) is 1. The van der Waals surface area contributed by atoms with E-state index in [0.717, 1.165) is 52.3 Å². The van der Waals surface area contributed by atoms with E-state index in [1.165, 1.54) is 93.1 Å². The maximum absolute atomic E-state index is 2.59. The van der Waals surface area contributed by atoms with Gasteiger partial charge in [-0.15, -0.1) is 0 Å². The fourth-order valence-corrected chi connectivity index (χ4v) is 12.3. The highest BCUT2D eigenvalue weighted by Gasteiger charge is 2.27. The zero-order valence-electron chi connectivity index (χ0n) is 45.6. The maximum Gasteiger partial charge on any atom is 0.0547 e. The zero-order chi connectivity index (χ0) is 53.1. The summed E-state index contributed by atoms with van der Waals surface area (Å²) in [7, 11) is 0. The summed E-state index contributed by atoms with van der Waals surface area (Å²) in [5.74, 6) is 0. The standard InChI is InChI=1S/C76H64N2/c1-75(2,3)56-47-55(48-57(50-56)76(4,5)6)61-38-22-28-53-30-24-40-67(74(53)61)64-36-16-20-44-71(64)78(70-43-19-15-35-63(70)66-39-23-29-52-27-21-37-60(73(52)66)51-25-9-7-10-26-51)68-41-17-13-33-59(68)54-45-46-65-62-34-14-18-42-69(62)77(72(65)49-54)58-31-11-8-12-32-58/h7-23,25-39,41-50H,24,40H2,1-6H3. The largest absolute Gasteiger partial charge is 0.309 e. The Morgan fingerprint density at radius 3 is 1.62 bits per heavy atom. The van der Waals surface area contributed by atoms with Gasteiger partial charge in [0, 0.05) is 33.2 Å². The molecule has 0 saturated heterocycles. The molecule has 0 atom stereocenters. The SMILES string of the molecule is CC(C)(C)c1cc(-c2cccc3c2=C(c2ccccc2N(c2ccccc2-c2ccc4c5ccccc5n(-c5ccccc5)c4c2)c2ccccc2-c2cccc4cccc(-c5ccccc5)c24)CCC=3)cc(C(C)(C)C)c1. The molecule has 1 aliphatic carbocycles. The van der Waals surface area contributed by atoms with Crippen molar-refractivity contribution in [2.24, 2.45) is 0 Å². The van der Waals surface area contributed by atoms with E-state index in [1.54, 1.807) is 0 Å². The van der Waals surface area contributed by atoms with E-state index >= 15 is 0 Å². The molecule has 0 bridgehead atoms. The second-order valence-electron chi connectivity index (χ2n) is 23.2. The van der Waals surface area contributed by atoms with Crippen LogP contribution < -0.4 is 15.3 Å². The fourth-order valence-electron chi connectivity index (χ4n) is 12.3. The Morgan fingerprint density at radius 2 is 0.910 bits per heavy atom. The molecule has 11 aromatic carbocycles. The van der Waals surface area contributed by atoms with Crippen LogP contribution >= 0.6 is 0 Å². The lowest BCUT2D eigenvalue weighted by molar-refractivity contribution is 0.569. The third kappa shape index (κ3) is 8.63. The van der Waals surface area contributed by atoms with Gasteiger partial charge < -0.3 is 9.47 Å². The van der Waals surface area contributed by atoms with Crippen LogP contribution in [0.3, 0.4) is 0 Å². The highest BCUT2D eigenvalue weighted by atomic mass is 15.2. The minimum absolute atomic E-state index is 0.0218. The van der Waals surface area contributed by atoms with E-state index in [-0.39, 0.29) is 10.8 Å². The van der Waals surface area contributed by atoms with Crippen LogP contribution in [0.25, 0.3) is 94.4 Å². The molecule has 1 aliphatic rings. The summed E-state index contributed by atoms with van der Waals surface area (Å²) in [6, 6.07) is 92.8. The predicted octanol–water partition coefficient (Wildman–Crippen LogP) is 19.4. The summed E-state index contributed by atoms with van der Waals surface area (Å²) in [6.07, 6.45) is 4.32. The van der Waals surface area contributed by atoms with Gasteiger partial charge in [-0.1, -0.05) is 254 Å². The van der Waals surface area contributed by atoms with Crippen molar-refractivity contribution in [1.82, 2.24) is 4.57 Å². The minimum Gasteiger partial charge on any atom is -0.309 e. The van der Waals surface area contributed by atoms with E-state index in [4.69, 9.17) is 0 Å². The summed E-state index contributed by atoms with van der Waals surface area (Å²) in [4.78, 5) is 2.59. The molecule has 2 nitrogen and oxygen atoms in total. The predicted molar refractivity (Wildman–Crippen MR) is 334 cm³/mol. The summed E-state index contributed by atoms with van der Waals surface area (Å²) >= 11 is 0. The number of aromatic nitrogens is 1. The van der Waals surface area contributed by atoms with E-state index in [9.17, 15) is 0 Å². The third-order valence-electron chi connectivity index (χ3n) is 16.2. The van der Waals surface area contributed by atoms with Gasteiger partial charge in [-0.3, -0.25) is 0 Å². The van der Waals surface area contributed by atoms with Crippen LogP contribution in [0.15, 0.2) is 249 Å². The van der Waals surface area contributed by atoms with Crippen LogP contribution in [0.1, 0.15) is 71.1 Å². The first-order chi connectivity index (χ1) is 38.0. The minimum atomic E-state index is -0.0218. The lowest BCUT2D eigenvalue weighted by Gasteiger charge is -2.32. The van der Waals surface area contributed by atoms with Gasteiger partial charge >= 0.3 is 0 Å². The van der Waals surface area contributed by atoms with Crippen molar-refractivity contribution in [3.8, 4) is 50.2 Å². The van der Waals surface area contributed by atoms with Gasteiger partial charge in [-0.05, 0) is 137 Å². The van der Waals surface area contributed by atoms with Gasteiger partial charge in [0.1, 0.15) is 0 Å². The van der Waals surface area contributed by atoms with Crippen molar-refractivity contribution in [1.29, 1.82) is 0 Å². The number of fused-ring (bicyclic) bond motifs is 5. The average molecular weight is 1010 g/mol.